The van der Waals surface area contributed by atoms with Crippen LogP contribution in [0.3, 0.4) is 0 Å². The molecule has 0 atom stereocenters. The number of hydrogen-bond acceptors (Lipinski definition) is 2. The Kier molecular flexibility index (Phi) is 3.94. The van der Waals surface area contributed by atoms with E-state index >= 15 is 0 Å². The van der Waals surface area contributed by atoms with Crippen molar-refractivity contribution >= 4 is 19.1 Å². The molecule has 0 spiro atoms. The van der Waals surface area contributed by atoms with Crippen LogP contribution in [0.5, 0.6) is 0 Å². The van der Waals surface area contributed by atoms with Crippen LogP contribution in [-0.4, -0.2) is 13.1 Å². The van der Waals surface area contributed by atoms with Crippen molar-refractivity contribution in [1.29, 1.82) is 0 Å². The van der Waals surface area contributed by atoms with Gasteiger partial charge in [-0.2, -0.15) is 0 Å². The summed E-state index contributed by atoms with van der Waals surface area (Å²) >= 11 is 0. The molecular weight excluding hydrogens is 211 g/mol. The summed E-state index contributed by atoms with van der Waals surface area (Å²) in [5, 5.41) is 1.25. The Morgan fingerprint density at radius 2 is 1.92 bits per heavy atom. The Hall–Kier alpha value is -0.340. The SMILES string of the molecule is C[Si](C)(C)c1cccnc1N.[Ni]. The van der Waals surface area contributed by atoms with Gasteiger partial charge in [0.05, 0.1) is 8.07 Å². The predicted octanol–water partition coefficient (Wildman–Crippen LogP) is 1.21. The van der Waals surface area contributed by atoms with Crippen molar-refractivity contribution in [3.05, 3.63) is 18.3 Å². The summed E-state index contributed by atoms with van der Waals surface area (Å²) in [7, 11) is -1.27. The van der Waals surface area contributed by atoms with Crippen LogP contribution in [0, 0.1) is 0 Å². The fourth-order valence-electron chi connectivity index (χ4n) is 1.05. The quantitative estimate of drug-likeness (QED) is 0.729. The smallest absolute Gasteiger partial charge is 0.122 e. The fourth-order valence-corrected chi connectivity index (χ4v) is 2.48. The molecule has 0 aliphatic heterocycles. The van der Waals surface area contributed by atoms with Gasteiger partial charge in [0, 0.05) is 22.7 Å². The molecule has 0 unspecified atom stereocenters. The summed E-state index contributed by atoms with van der Waals surface area (Å²) in [4.78, 5) is 4.06. The largest absolute Gasteiger partial charge is 0.384 e. The molecule has 1 heterocycles. The van der Waals surface area contributed by atoms with Gasteiger partial charge < -0.3 is 5.73 Å². The van der Waals surface area contributed by atoms with E-state index < -0.39 is 8.07 Å². The van der Waals surface area contributed by atoms with Crippen molar-refractivity contribution in [1.82, 2.24) is 4.98 Å². The van der Waals surface area contributed by atoms with E-state index in [1.807, 2.05) is 6.07 Å². The summed E-state index contributed by atoms with van der Waals surface area (Å²) in [5.74, 6) is 0.701. The summed E-state index contributed by atoms with van der Waals surface area (Å²) in [6.45, 7) is 6.79. The van der Waals surface area contributed by atoms with Crippen LogP contribution in [0.2, 0.25) is 19.6 Å². The maximum absolute atomic E-state index is 5.73. The van der Waals surface area contributed by atoms with Crippen LogP contribution >= 0.6 is 0 Å². The number of aromatic nitrogens is 1. The molecule has 0 saturated heterocycles. The zero-order valence-electron chi connectivity index (χ0n) is 7.57. The molecular formula is C8H14N2NiSi. The molecule has 2 nitrogen and oxygen atoms in total. The molecule has 0 saturated carbocycles. The minimum Gasteiger partial charge on any atom is -0.384 e. The van der Waals surface area contributed by atoms with E-state index in [4.69, 9.17) is 5.73 Å². The Morgan fingerprint density at radius 1 is 1.33 bits per heavy atom. The Morgan fingerprint density at radius 3 is 2.25 bits per heavy atom. The second kappa shape index (κ2) is 4.06. The molecule has 70 valence electrons. The Labute approximate surface area is 84.5 Å². The molecule has 12 heavy (non-hydrogen) atoms. The first-order valence-corrected chi connectivity index (χ1v) is 7.23. The first kappa shape index (κ1) is 11.7. The van der Waals surface area contributed by atoms with E-state index in [0.717, 1.165) is 0 Å². The van der Waals surface area contributed by atoms with Gasteiger partial charge in [0.2, 0.25) is 0 Å². The standard InChI is InChI=1S/C8H14N2Si.Ni/c1-11(2,3)7-5-4-6-10-8(7)9;/h4-6H,1-3H3,(H2,9,10);. The summed E-state index contributed by atoms with van der Waals surface area (Å²) < 4.78 is 0. The number of hydrogen-bond donors (Lipinski definition) is 1. The third-order valence-corrected chi connectivity index (χ3v) is 3.69. The van der Waals surface area contributed by atoms with Gasteiger partial charge >= 0.3 is 0 Å². The van der Waals surface area contributed by atoms with Gasteiger partial charge in [-0.25, -0.2) is 4.98 Å². The molecule has 0 aliphatic rings. The first-order chi connectivity index (χ1) is 5.02. The molecule has 1 rings (SSSR count). The number of rotatable bonds is 1. The van der Waals surface area contributed by atoms with Crippen LogP contribution in [0.25, 0.3) is 0 Å². The molecule has 2 N–H and O–H groups in total. The topological polar surface area (TPSA) is 38.9 Å². The zero-order valence-corrected chi connectivity index (χ0v) is 9.56. The van der Waals surface area contributed by atoms with Gasteiger partial charge in [0.1, 0.15) is 5.82 Å². The van der Waals surface area contributed by atoms with E-state index in [0.29, 0.717) is 5.82 Å². The van der Waals surface area contributed by atoms with Gasteiger partial charge in [-0.05, 0) is 11.3 Å². The molecule has 0 aliphatic carbocycles. The average molecular weight is 225 g/mol. The third-order valence-electron chi connectivity index (χ3n) is 1.65. The van der Waals surface area contributed by atoms with Gasteiger partial charge in [-0.1, -0.05) is 25.7 Å². The van der Waals surface area contributed by atoms with Crippen molar-refractivity contribution in [2.24, 2.45) is 0 Å². The summed E-state index contributed by atoms with van der Waals surface area (Å²) in [6.07, 6.45) is 1.74. The zero-order chi connectivity index (χ0) is 8.48. The number of anilines is 1. The van der Waals surface area contributed by atoms with Crippen molar-refractivity contribution in [3.63, 3.8) is 0 Å². The third kappa shape index (κ3) is 2.61. The summed E-state index contributed by atoms with van der Waals surface area (Å²) in [5.41, 5.74) is 5.73. The van der Waals surface area contributed by atoms with E-state index in [9.17, 15) is 0 Å². The van der Waals surface area contributed by atoms with Gasteiger partial charge in [-0.3, -0.25) is 0 Å². The van der Waals surface area contributed by atoms with E-state index in [1.165, 1.54) is 5.19 Å². The van der Waals surface area contributed by atoms with E-state index in [-0.39, 0.29) is 16.5 Å². The second-order valence-electron chi connectivity index (χ2n) is 3.69. The molecule has 0 aromatic carbocycles. The summed E-state index contributed by atoms with van der Waals surface area (Å²) in [6, 6.07) is 4.03. The normalized spacial score (nSPS) is 10.6. The van der Waals surface area contributed by atoms with Crippen molar-refractivity contribution in [2.75, 3.05) is 5.73 Å². The molecule has 0 fully saturated rings. The predicted molar refractivity (Wildman–Crippen MR) is 51.6 cm³/mol. The van der Waals surface area contributed by atoms with E-state index in [2.05, 4.69) is 30.7 Å². The van der Waals surface area contributed by atoms with Crippen molar-refractivity contribution in [3.8, 4) is 0 Å². The van der Waals surface area contributed by atoms with Gasteiger partial charge in [-0.15, -0.1) is 0 Å². The molecule has 0 bridgehead atoms. The van der Waals surface area contributed by atoms with Crippen LogP contribution in [0.4, 0.5) is 5.82 Å². The van der Waals surface area contributed by atoms with Crippen molar-refractivity contribution < 1.29 is 16.5 Å². The maximum atomic E-state index is 5.73. The number of nitrogens with two attached hydrogens (primary N) is 1. The van der Waals surface area contributed by atoms with Gasteiger partial charge in [0.25, 0.3) is 0 Å². The molecule has 0 amide bonds. The molecule has 0 radical (unpaired) electrons. The maximum Gasteiger partial charge on any atom is 0.122 e. The second-order valence-corrected chi connectivity index (χ2v) is 8.72. The minimum atomic E-state index is -1.27. The minimum absolute atomic E-state index is 0. The Balaban J connectivity index is 0.00000121. The van der Waals surface area contributed by atoms with Crippen LogP contribution in [-0.2, 0) is 16.5 Å². The number of nitrogens with zero attached hydrogens (tertiary/aromatic N) is 1. The monoisotopic (exact) mass is 224 g/mol. The van der Waals surface area contributed by atoms with Crippen LogP contribution in [0.1, 0.15) is 0 Å². The van der Waals surface area contributed by atoms with E-state index in [1.54, 1.807) is 6.20 Å². The van der Waals surface area contributed by atoms with Crippen LogP contribution < -0.4 is 10.9 Å². The Bertz CT molecular complexity index is 257. The molecule has 1 aromatic heterocycles. The fraction of sp³-hybridized carbons (Fsp3) is 0.375. The first-order valence-electron chi connectivity index (χ1n) is 3.73. The average Bonchev–Trinajstić information content (AvgIpc) is 1.86. The molecule has 4 heteroatoms. The van der Waals surface area contributed by atoms with Crippen molar-refractivity contribution in [2.45, 2.75) is 19.6 Å². The van der Waals surface area contributed by atoms with Crippen LogP contribution in [0.15, 0.2) is 18.3 Å². The molecule has 1 aromatic rings. The number of pyridine rings is 1. The van der Waals surface area contributed by atoms with Gasteiger partial charge in [0.15, 0.2) is 0 Å². The number of nitrogen functional groups attached to an aromatic ring is 1.